The number of piperidine rings is 1. The molecule has 1 saturated heterocycles. The number of carbonyl (C=O) groups is 2. The van der Waals surface area contributed by atoms with Gasteiger partial charge in [0.1, 0.15) is 11.9 Å². The molecule has 1 aliphatic heterocycles. The fourth-order valence-electron chi connectivity index (χ4n) is 2.66. The zero-order valence-corrected chi connectivity index (χ0v) is 12.6. The summed E-state index contributed by atoms with van der Waals surface area (Å²) in [6, 6.07) is 4.74. The minimum Gasteiger partial charge on any atom is -0.480 e. The highest BCUT2D eigenvalue weighted by molar-refractivity contribution is 5.85. The van der Waals surface area contributed by atoms with Gasteiger partial charge in [-0.1, -0.05) is 12.1 Å². The Kier molecular flexibility index (Phi) is 5.49. The van der Waals surface area contributed by atoms with Gasteiger partial charge in [-0.2, -0.15) is 0 Å². The average molecular weight is 308 g/mol. The van der Waals surface area contributed by atoms with E-state index >= 15 is 0 Å². The van der Waals surface area contributed by atoms with E-state index in [1.807, 2.05) is 7.05 Å². The van der Waals surface area contributed by atoms with Gasteiger partial charge in [-0.3, -0.25) is 4.79 Å². The van der Waals surface area contributed by atoms with Crippen LogP contribution in [-0.4, -0.2) is 48.1 Å². The lowest BCUT2D eigenvalue weighted by atomic mass is 9.95. The topological polar surface area (TPSA) is 69.6 Å². The molecule has 1 atom stereocenters. The van der Waals surface area contributed by atoms with Crippen molar-refractivity contribution in [1.82, 2.24) is 10.2 Å². The van der Waals surface area contributed by atoms with Crippen LogP contribution in [0.1, 0.15) is 18.4 Å². The molecule has 22 heavy (non-hydrogen) atoms. The Labute approximate surface area is 129 Å². The number of nitrogens with zero attached hydrogens (tertiary/aromatic N) is 1. The molecule has 120 valence electrons. The van der Waals surface area contributed by atoms with Gasteiger partial charge in [-0.25, -0.2) is 9.18 Å². The molecule has 0 aromatic heterocycles. The molecule has 0 aliphatic carbocycles. The summed E-state index contributed by atoms with van der Waals surface area (Å²) in [6.45, 7) is 1.67. The number of amides is 1. The molecule has 1 fully saturated rings. The number of halogens is 1. The SMILES string of the molecule is CN1CCC(C(=O)NC(Cc2cccc(F)c2)C(=O)O)CC1. The van der Waals surface area contributed by atoms with Crippen molar-refractivity contribution in [2.75, 3.05) is 20.1 Å². The van der Waals surface area contributed by atoms with Crippen LogP contribution in [-0.2, 0) is 16.0 Å². The Balaban J connectivity index is 1.96. The Morgan fingerprint density at radius 2 is 2.09 bits per heavy atom. The smallest absolute Gasteiger partial charge is 0.326 e. The van der Waals surface area contributed by atoms with Gasteiger partial charge in [0.2, 0.25) is 5.91 Å². The third-order valence-corrected chi connectivity index (χ3v) is 4.03. The molecule has 0 radical (unpaired) electrons. The largest absolute Gasteiger partial charge is 0.480 e. The number of hydrogen-bond acceptors (Lipinski definition) is 3. The van der Waals surface area contributed by atoms with Crippen LogP contribution >= 0.6 is 0 Å². The van der Waals surface area contributed by atoms with Crippen LogP contribution in [0, 0.1) is 11.7 Å². The first-order chi connectivity index (χ1) is 10.5. The molecule has 1 amide bonds. The molecular formula is C16H21FN2O3. The minimum atomic E-state index is -1.11. The second-order valence-corrected chi connectivity index (χ2v) is 5.81. The lowest BCUT2D eigenvalue weighted by Crippen LogP contribution is -2.47. The third-order valence-electron chi connectivity index (χ3n) is 4.03. The molecule has 0 saturated carbocycles. The second kappa shape index (κ2) is 7.35. The second-order valence-electron chi connectivity index (χ2n) is 5.81. The van der Waals surface area contributed by atoms with Crippen molar-refractivity contribution in [1.29, 1.82) is 0 Å². The molecule has 2 N–H and O–H groups in total. The zero-order valence-electron chi connectivity index (χ0n) is 12.6. The van der Waals surface area contributed by atoms with Crippen LogP contribution in [0.15, 0.2) is 24.3 Å². The van der Waals surface area contributed by atoms with E-state index in [0.717, 1.165) is 25.9 Å². The molecule has 0 spiro atoms. The normalized spacial score (nSPS) is 17.9. The number of aliphatic carboxylic acids is 1. The molecule has 1 aromatic rings. The van der Waals surface area contributed by atoms with E-state index < -0.39 is 17.8 Å². The van der Waals surface area contributed by atoms with E-state index in [1.54, 1.807) is 6.07 Å². The maximum atomic E-state index is 13.2. The van der Waals surface area contributed by atoms with Crippen molar-refractivity contribution in [3.63, 3.8) is 0 Å². The predicted octanol–water partition coefficient (Wildman–Crippen LogP) is 1.28. The van der Waals surface area contributed by atoms with Crippen LogP contribution in [0.3, 0.4) is 0 Å². The van der Waals surface area contributed by atoms with Gasteiger partial charge >= 0.3 is 5.97 Å². The first kappa shape index (κ1) is 16.4. The zero-order chi connectivity index (χ0) is 16.1. The fraction of sp³-hybridized carbons (Fsp3) is 0.500. The van der Waals surface area contributed by atoms with Crippen LogP contribution in [0.5, 0.6) is 0 Å². The number of likely N-dealkylation sites (tertiary alicyclic amines) is 1. The number of benzene rings is 1. The van der Waals surface area contributed by atoms with E-state index in [9.17, 15) is 19.1 Å². The Morgan fingerprint density at radius 3 is 2.68 bits per heavy atom. The Morgan fingerprint density at radius 1 is 1.41 bits per heavy atom. The maximum Gasteiger partial charge on any atom is 0.326 e. The van der Waals surface area contributed by atoms with Crippen molar-refractivity contribution in [2.24, 2.45) is 5.92 Å². The molecule has 0 bridgehead atoms. The summed E-state index contributed by atoms with van der Waals surface area (Å²) in [5.41, 5.74) is 0.552. The van der Waals surface area contributed by atoms with Gasteiger partial charge in [-0.05, 0) is 50.7 Å². The first-order valence-corrected chi connectivity index (χ1v) is 7.42. The first-order valence-electron chi connectivity index (χ1n) is 7.42. The number of carboxylic acids is 1. The molecule has 1 aliphatic rings. The highest BCUT2D eigenvalue weighted by Crippen LogP contribution is 2.16. The van der Waals surface area contributed by atoms with Crippen molar-refractivity contribution in [3.05, 3.63) is 35.6 Å². The summed E-state index contributed by atoms with van der Waals surface area (Å²) in [4.78, 5) is 25.7. The van der Waals surface area contributed by atoms with Crippen molar-refractivity contribution in [2.45, 2.75) is 25.3 Å². The van der Waals surface area contributed by atoms with Gasteiger partial charge in [0.05, 0.1) is 0 Å². The minimum absolute atomic E-state index is 0.0749. The lowest BCUT2D eigenvalue weighted by molar-refractivity contribution is -0.142. The van der Waals surface area contributed by atoms with Crippen LogP contribution < -0.4 is 5.32 Å². The summed E-state index contributed by atoms with van der Waals surface area (Å²) in [5, 5.41) is 11.9. The van der Waals surface area contributed by atoms with E-state index in [4.69, 9.17) is 0 Å². The standard InChI is InChI=1S/C16H21FN2O3/c1-19-7-5-12(6-8-19)15(20)18-14(16(21)22)10-11-3-2-4-13(17)9-11/h2-4,9,12,14H,5-8,10H2,1H3,(H,18,20)(H,21,22). The quantitative estimate of drug-likeness (QED) is 0.860. The van der Waals surface area contributed by atoms with Gasteiger partial charge in [0.15, 0.2) is 0 Å². The highest BCUT2D eigenvalue weighted by atomic mass is 19.1. The molecule has 2 rings (SSSR count). The van der Waals surface area contributed by atoms with Crippen molar-refractivity contribution >= 4 is 11.9 Å². The van der Waals surface area contributed by atoms with Gasteiger partial charge in [-0.15, -0.1) is 0 Å². The molecule has 6 heteroatoms. The summed E-state index contributed by atoms with van der Waals surface area (Å²) < 4.78 is 13.2. The molecular weight excluding hydrogens is 287 g/mol. The van der Waals surface area contributed by atoms with E-state index in [-0.39, 0.29) is 18.2 Å². The predicted molar refractivity (Wildman–Crippen MR) is 79.9 cm³/mol. The van der Waals surface area contributed by atoms with Crippen LogP contribution in [0.4, 0.5) is 4.39 Å². The monoisotopic (exact) mass is 308 g/mol. The number of hydrogen-bond donors (Lipinski definition) is 2. The lowest BCUT2D eigenvalue weighted by Gasteiger charge is -2.29. The summed E-state index contributed by atoms with van der Waals surface area (Å²) in [7, 11) is 2.00. The number of rotatable bonds is 5. The van der Waals surface area contributed by atoms with Crippen molar-refractivity contribution in [3.8, 4) is 0 Å². The van der Waals surface area contributed by atoms with Gasteiger partial charge in [0, 0.05) is 12.3 Å². The number of nitrogens with one attached hydrogen (secondary N) is 1. The summed E-state index contributed by atoms with van der Waals surface area (Å²) in [6.07, 6.45) is 1.54. The number of carboxylic acid groups (broad SMARTS) is 1. The fourth-order valence-corrected chi connectivity index (χ4v) is 2.66. The molecule has 5 nitrogen and oxygen atoms in total. The molecule has 1 heterocycles. The third kappa shape index (κ3) is 4.53. The summed E-state index contributed by atoms with van der Waals surface area (Å²) in [5.74, 6) is -1.89. The average Bonchev–Trinajstić information content (AvgIpc) is 2.47. The van der Waals surface area contributed by atoms with E-state index in [0.29, 0.717) is 5.56 Å². The molecule has 1 unspecified atom stereocenters. The summed E-state index contributed by atoms with van der Waals surface area (Å²) >= 11 is 0. The maximum absolute atomic E-state index is 13.2. The van der Waals surface area contributed by atoms with E-state index in [2.05, 4.69) is 10.2 Å². The highest BCUT2D eigenvalue weighted by Gasteiger charge is 2.27. The van der Waals surface area contributed by atoms with Crippen LogP contribution in [0.2, 0.25) is 0 Å². The molecule has 1 aromatic carbocycles. The van der Waals surface area contributed by atoms with E-state index in [1.165, 1.54) is 18.2 Å². The number of carbonyl (C=O) groups excluding carboxylic acids is 1. The Bertz CT molecular complexity index is 542. The van der Waals surface area contributed by atoms with Crippen molar-refractivity contribution < 1.29 is 19.1 Å². The van der Waals surface area contributed by atoms with Crippen LogP contribution in [0.25, 0.3) is 0 Å². The van der Waals surface area contributed by atoms with Gasteiger partial charge < -0.3 is 15.3 Å². The Hall–Kier alpha value is -1.95. The van der Waals surface area contributed by atoms with Gasteiger partial charge in [0.25, 0.3) is 0 Å².